The van der Waals surface area contributed by atoms with Crippen molar-refractivity contribution in [3.63, 3.8) is 0 Å². The monoisotopic (exact) mass is 634 g/mol. The molecule has 8 heteroatoms. The maximum atomic E-state index is 9.29. The van der Waals surface area contributed by atoms with Crippen LogP contribution in [0, 0.1) is 59.7 Å². The fourth-order valence-electron chi connectivity index (χ4n) is 1.81. The van der Waals surface area contributed by atoms with E-state index in [4.69, 9.17) is 0 Å². The van der Waals surface area contributed by atoms with Crippen LogP contribution in [0.5, 0.6) is 0 Å². The average molecular weight is 639 g/mol. The first-order valence-electron chi connectivity index (χ1n) is 8.96. The van der Waals surface area contributed by atoms with Crippen LogP contribution in [0.25, 0.3) is 0 Å². The van der Waals surface area contributed by atoms with Crippen LogP contribution in [-0.2, 0) is 82.5 Å². The van der Waals surface area contributed by atoms with Crippen molar-refractivity contribution in [2.24, 2.45) is 0 Å². The molecule has 158 valence electrons. The summed E-state index contributed by atoms with van der Waals surface area (Å²) in [4.78, 5) is 18.6. The topological polar surface area (TPSA) is 46.1 Å². The van der Waals surface area contributed by atoms with Gasteiger partial charge in [0.25, 0.3) is 0 Å². The van der Waals surface area contributed by atoms with Crippen molar-refractivity contribution in [2.75, 3.05) is 0 Å². The Hall–Kier alpha value is 0.450. The third-order valence-corrected chi connectivity index (χ3v) is 4.00. The molecular weight excluding hydrogens is 612 g/mol. The summed E-state index contributed by atoms with van der Waals surface area (Å²) < 4.78 is 0. The van der Waals surface area contributed by atoms with Gasteiger partial charge in [-0.05, 0) is 0 Å². The summed E-state index contributed by atoms with van der Waals surface area (Å²) in [6, 6.07) is 27.4. The minimum absolute atomic E-state index is 0. The van der Waals surface area contributed by atoms with E-state index in [1.165, 1.54) is 33.4 Å². The molecule has 0 aliphatic carbocycles. The molecule has 3 rings (SSSR count). The zero-order chi connectivity index (χ0) is 22.4. The van der Waals surface area contributed by atoms with Gasteiger partial charge in [0.2, 0.25) is 0 Å². The van der Waals surface area contributed by atoms with Crippen molar-refractivity contribution >= 4 is 29.7 Å². The fourth-order valence-corrected chi connectivity index (χ4v) is 1.81. The van der Waals surface area contributed by atoms with Gasteiger partial charge in [-0.3, -0.25) is 0 Å². The number of hydrogen-bond donors (Lipinski definition) is 0. The standard InChI is InChI=1S/3C8H9.H3O2PS2.3Zn/c3*1-7-5-3-4-6-8(7)2;1-3(2,4)5;;;/h3*3-5H,1-2H3;(H3,1,2,4,5);;;/q3*-1;;3*+2/p-3. The Kier molecular flexibility index (Phi) is 27.2. The number of rotatable bonds is 0. The molecule has 0 atom stereocenters. The van der Waals surface area contributed by atoms with Crippen molar-refractivity contribution in [3.05, 3.63) is 106 Å². The first kappa shape index (κ1) is 39.7. The summed E-state index contributed by atoms with van der Waals surface area (Å²) in [7, 11) is 0. The van der Waals surface area contributed by atoms with Crippen molar-refractivity contribution in [2.45, 2.75) is 41.5 Å². The van der Waals surface area contributed by atoms with E-state index in [1.54, 1.807) is 0 Å². The van der Waals surface area contributed by atoms with Gasteiger partial charge in [-0.2, -0.15) is 118 Å². The van der Waals surface area contributed by atoms with E-state index < -0.39 is 5.69 Å². The van der Waals surface area contributed by atoms with Gasteiger partial charge in [-0.1, -0.05) is 41.5 Å². The van der Waals surface area contributed by atoms with Crippen molar-refractivity contribution in [1.82, 2.24) is 0 Å². The molecule has 0 spiro atoms. The van der Waals surface area contributed by atoms with E-state index in [0.29, 0.717) is 0 Å². The summed E-state index contributed by atoms with van der Waals surface area (Å²) in [5.74, 6) is 0. The molecular formula is C24H27O2PS2Zn3. The van der Waals surface area contributed by atoms with Crippen LogP contribution < -0.4 is 9.79 Å². The van der Waals surface area contributed by atoms with Crippen LogP contribution in [-0.4, -0.2) is 0 Å². The predicted molar refractivity (Wildman–Crippen MR) is 126 cm³/mol. The molecule has 2 nitrogen and oxygen atoms in total. The number of aryl methyl sites for hydroxylation is 6. The molecule has 0 radical (unpaired) electrons. The van der Waals surface area contributed by atoms with E-state index in [-0.39, 0.29) is 58.4 Å². The van der Waals surface area contributed by atoms with Crippen LogP contribution in [0.4, 0.5) is 0 Å². The van der Waals surface area contributed by atoms with Gasteiger partial charge < -0.3 is 27.7 Å². The SMILES string of the molecule is Cc1[c-]cccc1C.Cc1[c-]cccc1C.Cc1[c-]cccc1C.[O-]P([O-])(=S)[S-].[Zn+2].[Zn+2].[Zn+2]. The van der Waals surface area contributed by atoms with Gasteiger partial charge in [-0.15, -0.1) is 0 Å². The molecule has 32 heavy (non-hydrogen) atoms. The van der Waals surface area contributed by atoms with Crippen LogP contribution in [0.15, 0.2) is 54.6 Å². The van der Waals surface area contributed by atoms with Gasteiger partial charge >= 0.3 is 58.4 Å². The molecule has 0 saturated heterocycles. The van der Waals surface area contributed by atoms with E-state index >= 15 is 0 Å². The first-order chi connectivity index (χ1) is 13.4. The molecule has 0 aliphatic rings. The predicted octanol–water partition coefficient (Wildman–Crippen LogP) is 4.78. The molecule has 0 unspecified atom stereocenters. The Morgan fingerprint density at radius 3 is 0.906 bits per heavy atom. The van der Waals surface area contributed by atoms with Gasteiger partial charge in [0, 0.05) is 0 Å². The minimum Gasteiger partial charge on any atom is -0.850 e. The molecule has 0 N–H and O–H groups in total. The van der Waals surface area contributed by atoms with Gasteiger partial charge in [0.15, 0.2) is 0 Å². The maximum Gasteiger partial charge on any atom is 2.00 e. The molecule has 3 aromatic rings. The van der Waals surface area contributed by atoms with E-state index in [2.05, 4.69) is 102 Å². The average Bonchev–Trinajstić information content (AvgIpc) is 2.62. The zero-order valence-corrected chi connectivity index (χ0v) is 31.3. The Morgan fingerprint density at radius 1 is 0.625 bits per heavy atom. The third kappa shape index (κ3) is 23.6. The van der Waals surface area contributed by atoms with Crippen molar-refractivity contribution in [3.8, 4) is 0 Å². The molecule has 0 aliphatic heterocycles. The number of benzene rings is 3. The third-order valence-electron chi connectivity index (χ3n) is 4.00. The van der Waals surface area contributed by atoms with Gasteiger partial charge in [-0.25, -0.2) is 0 Å². The second kappa shape index (κ2) is 21.9. The summed E-state index contributed by atoms with van der Waals surface area (Å²) in [5.41, 5.74) is 3.94. The Morgan fingerprint density at radius 2 is 0.812 bits per heavy atom. The normalized spacial score (nSPS) is 8.78. The Balaban J connectivity index is -0.000000161. The van der Waals surface area contributed by atoms with E-state index in [0.717, 1.165) is 0 Å². The van der Waals surface area contributed by atoms with Crippen LogP contribution in [0.2, 0.25) is 0 Å². The first-order valence-corrected chi connectivity index (χ1v) is 12.6. The summed E-state index contributed by atoms with van der Waals surface area (Å²) >= 11 is 7.28. The van der Waals surface area contributed by atoms with Gasteiger partial charge in [0.1, 0.15) is 0 Å². The molecule has 3 aromatic carbocycles. The van der Waals surface area contributed by atoms with Crippen LogP contribution in [0.1, 0.15) is 33.4 Å². The van der Waals surface area contributed by atoms with Crippen LogP contribution >= 0.6 is 5.69 Å². The van der Waals surface area contributed by atoms with E-state index in [9.17, 15) is 9.79 Å². The number of hydrogen-bond acceptors (Lipinski definition) is 4. The largest absolute Gasteiger partial charge is 2.00 e. The van der Waals surface area contributed by atoms with Crippen molar-refractivity contribution < 1.29 is 68.2 Å². The molecule has 0 amide bonds. The molecule has 0 bridgehead atoms. The maximum absolute atomic E-state index is 9.29. The fraction of sp³-hybridized carbons (Fsp3) is 0.250. The second-order valence-electron chi connectivity index (χ2n) is 6.38. The second-order valence-corrected chi connectivity index (χ2v) is 10.9. The summed E-state index contributed by atoms with van der Waals surface area (Å²) in [6.45, 7) is 12.5. The Bertz CT molecular complexity index is 744. The zero-order valence-electron chi connectivity index (χ0n) is 19.9. The van der Waals surface area contributed by atoms with E-state index in [1.807, 2.05) is 36.4 Å². The quantitative estimate of drug-likeness (QED) is 0.154. The Labute approximate surface area is 243 Å². The summed E-state index contributed by atoms with van der Waals surface area (Å²) in [6.07, 6.45) is 0. The smallest absolute Gasteiger partial charge is 0.850 e. The summed E-state index contributed by atoms with van der Waals surface area (Å²) in [5, 5.41) is 0. The molecule has 0 saturated carbocycles. The molecule has 0 fully saturated rings. The molecule has 0 aromatic heterocycles. The molecule has 0 heterocycles. The van der Waals surface area contributed by atoms with Gasteiger partial charge in [0.05, 0.1) is 0 Å². The van der Waals surface area contributed by atoms with Crippen molar-refractivity contribution in [1.29, 1.82) is 0 Å². The minimum atomic E-state index is -3.72. The van der Waals surface area contributed by atoms with Crippen LogP contribution in [0.3, 0.4) is 0 Å².